The number of benzene rings is 2. The number of carboxylic acid groups (broad SMARTS) is 1. The van der Waals surface area contributed by atoms with E-state index in [0.717, 1.165) is 18.4 Å². The van der Waals surface area contributed by atoms with E-state index in [4.69, 9.17) is 21.1 Å². The van der Waals surface area contributed by atoms with Gasteiger partial charge in [0.05, 0.1) is 9.92 Å². The van der Waals surface area contributed by atoms with Gasteiger partial charge in [-0.3, -0.25) is 0 Å². The van der Waals surface area contributed by atoms with Crippen LogP contribution in [0.1, 0.15) is 13.8 Å². The monoisotopic (exact) mass is 402 g/mol. The van der Waals surface area contributed by atoms with Gasteiger partial charge in [-0.1, -0.05) is 11.6 Å². The Labute approximate surface area is 155 Å². The van der Waals surface area contributed by atoms with Crippen molar-refractivity contribution in [2.45, 2.75) is 24.3 Å². The van der Waals surface area contributed by atoms with E-state index in [1.807, 2.05) is 0 Å². The third-order valence-corrected chi connectivity index (χ3v) is 4.74. The maximum absolute atomic E-state index is 13.6. The summed E-state index contributed by atoms with van der Waals surface area (Å²) < 4.78 is 47.6. The predicted octanol–water partition coefficient (Wildman–Crippen LogP) is 3.92. The van der Waals surface area contributed by atoms with Gasteiger partial charge in [0, 0.05) is 12.3 Å². The summed E-state index contributed by atoms with van der Waals surface area (Å²) in [5, 5.41) is 9.16. The summed E-state index contributed by atoms with van der Waals surface area (Å²) in [6.07, 6.45) is 1.03. The largest absolute Gasteiger partial charge is 0.478 e. The molecule has 0 bridgehead atoms. The second kappa shape index (κ2) is 7.13. The Morgan fingerprint density at radius 1 is 1.12 bits per heavy atom. The van der Waals surface area contributed by atoms with Crippen LogP contribution in [0.2, 0.25) is 5.02 Å². The number of carboxylic acids is 1. The predicted molar refractivity (Wildman–Crippen MR) is 93.4 cm³/mol. The number of aliphatic carboxylic acids is 1. The third kappa shape index (κ3) is 4.64. The number of hydrogen-bond donors (Lipinski definition) is 1. The molecule has 26 heavy (non-hydrogen) atoms. The molecule has 2 rings (SSSR count). The minimum atomic E-state index is -3.45. The van der Waals surface area contributed by atoms with Gasteiger partial charge in [0.25, 0.3) is 0 Å². The van der Waals surface area contributed by atoms with Crippen LogP contribution >= 0.6 is 11.6 Å². The van der Waals surface area contributed by atoms with Crippen molar-refractivity contribution in [2.24, 2.45) is 0 Å². The smallest absolute Gasteiger partial charge is 0.347 e. The van der Waals surface area contributed by atoms with Gasteiger partial charge >= 0.3 is 5.97 Å². The number of ether oxygens (including phenoxy) is 2. The lowest BCUT2D eigenvalue weighted by Gasteiger charge is -2.23. The number of rotatable bonds is 6. The minimum absolute atomic E-state index is 0.00224. The molecular formula is C17H16ClFO6S. The van der Waals surface area contributed by atoms with Gasteiger partial charge in [0.2, 0.25) is 0 Å². The highest BCUT2D eigenvalue weighted by molar-refractivity contribution is 7.90. The zero-order chi connectivity index (χ0) is 19.7. The van der Waals surface area contributed by atoms with Crippen LogP contribution in [0.25, 0.3) is 0 Å². The first-order valence-electron chi connectivity index (χ1n) is 7.29. The van der Waals surface area contributed by atoms with Crippen molar-refractivity contribution >= 4 is 27.4 Å². The number of halogens is 2. The fraction of sp³-hybridized carbons (Fsp3) is 0.235. The summed E-state index contributed by atoms with van der Waals surface area (Å²) in [6, 6.07) is 7.14. The summed E-state index contributed by atoms with van der Waals surface area (Å²) >= 11 is 6.04. The van der Waals surface area contributed by atoms with Gasteiger partial charge in [0.1, 0.15) is 11.6 Å². The standard InChI is InChI=1S/C17H16ClFO6S/c1-17(2,16(20)21)25-14-6-4-10(19)8-15(14)24-13-7-5-11(9-12(13)18)26(3,22)23/h4-9H,1-3H3,(H,20,21). The Balaban J connectivity index is 2.41. The molecule has 0 amide bonds. The zero-order valence-electron chi connectivity index (χ0n) is 14.1. The fourth-order valence-electron chi connectivity index (χ4n) is 1.88. The second-order valence-electron chi connectivity index (χ2n) is 5.98. The molecule has 0 saturated heterocycles. The average molecular weight is 403 g/mol. The molecule has 2 aromatic carbocycles. The first-order chi connectivity index (χ1) is 11.9. The second-order valence-corrected chi connectivity index (χ2v) is 8.40. The summed E-state index contributed by atoms with van der Waals surface area (Å²) in [5.41, 5.74) is -1.58. The van der Waals surface area contributed by atoms with Crippen LogP contribution < -0.4 is 9.47 Å². The average Bonchev–Trinajstić information content (AvgIpc) is 2.50. The molecule has 9 heteroatoms. The molecule has 0 aromatic heterocycles. The summed E-state index contributed by atoms with van der Waals surface area (Å²) in [7, 11) is -3.45. The van der Waals surface area contributed by atoms with Gasteiger partial charge in [-0.2, -0.15) is 0 Å². The Morgan fingerprint density at radius 3 is 2.27 bits per heavy atom. The molecule has 6 nitrogen and oxygen atoms in total. The van der Waals surface area contributed by atoms with Crippen LogP contribution in [-0.4, -0.2) is 31.4 Å². The van der Waals surface area contributed by atoms with E-state index in [-0.39, 0.29) is 27.2 Å². The molecule has 0 radical (unpaired) electrons. The molecular weight excluding hydrogens is 387 g/mol. The normalized spacial score (nSPS) is 11.9. The van der Waals surface area contributed by atoms with Crippen LogP contribution in [0.4, 0.5) is 4.39 Å². The molecule has 0 aliphatic carbocycles. The van der Waals surface area contributed by atoms with Crippen molar-refractivity contribution in [2.75, 3.05) is 6.26 Å². The third-order valence-electron chi connectivity index (χ3n) is 3.34. The summed E-state index contributed by atoms with van der Waals surface area (Å²) in [5.74, 6) is -1.91. The van der Waals surface area contributed by atoms with E-state index in [1.165, 1.54) is 38.1 Å². The molecule has 0 atom stereocenters. The number of carbonyl (C=O) groups is 1. The molecule has 0 aliphatic rings. The number of sulfone groups is 1. The topological polar surface area (TPSA) is 89.9 Å². The highest BCUT2D eigenvalue weighted by Crippen LogP contribution is 2.38. The van der Waals surface area contributed by atoms with Crippen molar-refractivity contribution in [3.05, 3.63) is 47.2 Å². The molecule has 2 aromatic rings. The molecule has 0 fully saturated rings. The van der Waals surface area contributed by atoms with Gasteiger partial charge < -0.3 is 14.6 Å². The van der Waals surface area contributed by atoms with Gasteiger partial charge in [-0.25, -0.2) is 17.6 Å². The lowest BCUT2D eigenvalue weighted by molar-refractivity contribution is -0.152. The van der Waals surface area contributed by atoms with Crippen molar-refractivity contribution < 1.29 is 32.2 Å². The van der Waals surface area contributed by atoms with Crippen molar-refractivity contribution in [3.8, 4) is 17.2 Å². The molecule has 0 saturated carbocycles. The van der Waals surface area contributed by atoms with E-state index in [0.29, 0.717) is 0 Å². The highest BCUT2D eigenvalue weighted by Gasteiger charge is 2.31. The zero-order valence-corrected chi connectivity index (χ0v) is 15.7. The Kier molecular flexibility index (Phi) is 5.48. The van der Waals surface area contributed by atoms with E-state index in [2.05, 4.69) is 0 Å². The maximum Gasteiger partial charge on any atom is 0.347 e. The van der Waals surface area contributed by atoms with Gasteiger partial charge in [-0.05, 0) is 44.2 Å². The van der Waals surface area contributed by atoms with Gasteiger partial charge in [-0.15, -0.1) is 0 Å². The van der Waals surface area contributed by atoms with E-state index < -0.39 is 27.2 Å². The Bertz CT molecular complexity index is 956. The van der Waals surface area contributed by atoms with Crippen LogP contribution in [0.15, 0.2) is 41.3 Å². The number of hydrogen-bond acceptors (Lipinski definition) is 5. The highest BCUT2D eigenvalue weighted by atomic mass is 35.5. The van der Waals surface area contributed by atoms with Crippen LogP contribution in [0.5, 0.6) is 17.2 Å². The minimum Gasteiger partial charge on any atom is -0.478 e. The van der Waals surface area contributed by atoms with E-state index in [9.17, 15) is 22.7 Å². The van der Waals surface area contributed by atoms with E-state index >= 15 is 0 Å². The lowest BCUT2D eigenvalue weighted by atomic mass is 10.1. The molecule has 0 spiro atoms. The quantitative estimate of drug-likeness (QED) is 0.787. The van der Waals surface area contributed by atoms with Crippen molar-refractivity contribution in [1.29, 1.82) is 0 Å². The summed E-state index contributed by atoms with van der Waals surface area (Å²) in [4.78, 5) is 11.2. The molecule has 0 aliphatic heterocycles. The SMILES string of the molecule is CC(C)(Oc1ccc(F)cc1Oc1ccc(S(C)(=O)=O)cc1Cl)C(=O)O. The Hall–Kier alpha value is -2.32. The van der Waals surface area contributed by atoms with Gasteiger partial charge in [0.15, 0.2) is 26.9 Å². The first-order valence-corrected chi connectivity index (χ1v) is 9.56. The van der Waals surface area contributed by atoms with Crippen LogP contribution in [0, 0.1) is 5.82 Å². The van der Waals surface area contributed by atoms with E-state index in [1.54, 1.807) is 0 Å². The molecule has 0 unspecified atom stereocenters. The summed E-state index contributed by atoms with van der Waals surface area (Å²) in [6.45, 7) is 2.66. The van der Waals surface area contributed by atoms with Crippen LogP contribution in [-0.2, 0) is 14.6 Å². The first kappa shape index (κ1) is 20.0. The maximum atomic E-state index is 13.6. The molecule has 140 valence electrons. The lowest BCUT2D eigenvalue weighted by Crippen LogP contribution is -2.37. The van der Waals surface area contributed by atoms with Crippen LogP contribution in [0.3, 0.4) is 0 Å². The van der Waals surface area contributed by atoms with Crippen molar-refractivity contribution in [1.82, 2.24) is 0 Å². The molecule has 1 N–H and O–H groups in total. The fourth-order valence-corrected chi connectivity index (χ4v) is 2.81. The molecule has 0 heterocycles. The Morgan fingerprint density at radius 2 is 1.73 bits per heavy atom. The van der Waals surface area contributed by atoms with Crippen molar-refractivity contribution in [3.63, 3.8) is 0 Å².